The first kappa shape index (κ1) is 23.9. The summed E-state index contributed by atoms with van der Waals surface area (Å²) in [5.41, 5.74) is 5.54. The van der Waals surface area contributed by atoms with E-state index in [4.69, 9.17) is 0 Å². The summed E-state index contributed by atoms with van der Waals surface area (Å²) in [6.07, 6.45) is 1.13. The molecule has 0 spiro atoms. The monoisotopic (exact) mass is 430 g/mol. The summed E-state index contributed by atoms with van der Waals surface area (Å²) in [5.74, 6) is -0.341. The molecule has 1 amide bonds. The molecule has 0 saturated heterocycles. The summed E-state index contributed by atoms with van der Waals surface area (Å²) < 4.78 is 26.2. The number of anilines is 1. The van der Waals surface area contributed by atoms with Crippen LogP contribution in [0.3, 0.4) is 0 Å². The van der Waals surface area contributed by atoms with Crippen LogP contribution in [0.25, 0.3) is 0 Å². The van der Waals surface area contributed by atoms with Crippen LogP contribution in [0.2, 0.25) is 0 Å². The molecule has 0 aliphatic rings. The van der Waals surface area contributed by atoms with E-state index in [1.807, 2.05) is 52.0 Å². The number of carbonyl (C=O) groups excluding carboxylic acids is 1. The van der Waals surface area contributed by atoms with Crippen molar-refractivity contribution >= 4 is 21.6 Å². The van der Waals surface area contributed by atoms with Gasteiger partial charge < -0.3 is 5.32 Å². The molecule has 0 fully saturated rings. The summed E-state index contributed by atoms with van der Waals surface area (Å²) in [6, 6.07) is 11.8. The van der Waals surface area contributed by atoms with Crippen molar-refractivity contribution in [2.24, 2.45) is 0 Å². The lowest BCUT2D eigenvalue weighted by molar-refractivity contribution is -0.120. The zero-order valence-electron chi connectivity index (χ0n) is 19.3. The maximum Gasteiger partial charge on any atom is 0.241 e. The molecule has 1 N–H and O–H groups in total. The van der Waals surface area contributed by atoms with Gasteiger partial charge in [0.15, 0.2) is 0 Å². The van der Waals surface area contributed by atoms with Crippen LogP contribution in [0.1, 0.15) is 61.6 Å². The van der Waals surface area contributed by atoms with Crippen LogP contribution in [0, 0.1) is 20.8 Å². The fourth-order valence-electron chi connectivity index (χ4n) is 3.70. The van der Waals surface area contributed by atoms with Gasteiger partial charge in [-0.25, -0.2) is 8.42 Å². The zero-order chi connectivity index (χ0) is 22.9. The van der Waals surface area contributed by atoms with Gasteiger partial charge in [-0.05, 0) is 55.4 Å². The highest BCUT2D eigenvalue weighted by atomic mass is 32.2. The van der Waals surface area contributed by atoms with E-state index in [1.165, 1.54) is 9.87 Å². The molecule has 6 heteroatoms. The summed E-state index contributed by atoms with van der Waals surface area (Å²) in [5, 5.41) is 2.93. The lowest BCUT2D eigenvalue weighted by atomic mass is 9.86. The first-order valence-corrected chi connectivity index (χ1v) is 12.0. The van der Waals surface area contributed by atoms with Gasteiger partial charge in [0.25, 0.3) is 0 Å². The molecule has 0 saturated carbocycles. The zero-order valence-corrected chi connectivity index (χ0v) is 20.1. The van der Waals surface area contributed by atoms with Gasteiger partial charge in [0.1, 0.15) is 6.54 Å². The van der Waals surface area contributed by atoms with Crippen molar-refractivity contribution in [3.05, 3.63) is 64.2 Å². The second-order valence-electron chi connectivity index (χ2n) is 9.18. The molecule has 0 aliphatic heterocycles. The normalized spacial score (nSPS) is 13.1. The van der Waals surface area contributed by atoms with Crippen molar-refractivity contribution in [2.45, 2.75) is 59.9 Å². The molecule has 2 aromatic carbocycles. The molecule has 0 radical (unpaired) electrons. The van der Waals surface area contributed by atoms with Crippen molar-refractivity contribution in [3.63, 3.8) is 0 Å². The molecule has 0 aromatic heterocycles. The Balaban J connectivity index is 2.21. The van der Waals surface area contributed by atoms with E-state index in [2.05, 4.69) is 38.2 Å². The van der Waals surface area contributed by atoms with Gasteiger partial charge in [-0.15, -0.1) is 0 Å². The quantitative estimate of drug-likeness (QED) is 0.731. The number of aryl methyl sites for hydroxylation is 3. The Bertz CT molecular complexity index is 996. The highest BCUT2D eigenvalue weighted by Crippen LogP contribution is 2.28. The number of nitrogens with zero attached hydrogens (tertiary/aromatic N) is 1. The van der Waals surface area contributed by atoms with E-state index in [9.17, 15) is 13.2 Å². The average molecular weight is 431 g/mol. The van der Waals surface area contributed by atoms with E-state index >= 15 is 0 Å². The molecule has 2 rings (SSSR count). The highest BCUT2D eigenvalue weighted by Gasteiger charge is 2.25. The predicted octanol–water partition coefficient (Wildman–Crippen LogP) is 4.55. The summed E-state index contributed by atoms with van der Waals surface area (Å²) >= 11 is 0. The molecule has 0 bridgehead atoms. The van der Waals surface area contributed by atoms with E-state index in [0.717, 1.165) is 28.5 Å². The van der Waals surface area contributed by atoms with E-state index in [1.54, 1.807) is 0 Å². The van der Waals surface area contributed by atoms with Crippen LogP contribution in [-0.4, -0.2) is 27.1 Å². The summed E-state index contributed by atoms with van der Waals surface area (Å²) in [6.45, 7) is 13.8. The van der Waals surface area contributed by atoms with Gasteiger partial charge in [-0.3, -0.25) is 9.10 Å². The minimum atomic E-state index is -3.62. The molecule has 5 nitrogen and oxygen atoms in total. The van der Waals surface area contributed by atoms with Crippen LogP contribution in [0.5, 0.6) is 0 Å². The molecule has 0 heterocycles. The van der Waals surface area contributed by atoms with Crippen LogP contribution in [-0.2, 0) is 20.2 Å². The summed E-state index contributed by atoms with van der Waals surface area (Å²) in [4.78, 5) is 12.8. The minimum Gasteiger partial charge on any atom is -0.348 e. The predicted molar refractivity (Wildman–Crippen MR) is 125 cm³/mol. The van der Waals surface area contributed by atoms with Gasteiger partial charge in [0, 0.05) is 0 Å². The largest absolute Gasteiger partial charge is 0.348 e. The highest BCUT2D eigenvalue weighted by molar-refractivity contribution is 7.92. The number of benzene rings is 2. The van der Waals surface area contributed by atoms with Gasteiger partial charge in [-0.1, -0.05) is 62.7 Å². The first-order valence-electron chi connectivity index (χ1n) is 10.2. The van der Waals surface area contributed by atoms with Gasteiger partial charge in [-0.2, -0.15) is 0 Å². The Kier molecular flexibility index (Phi) is 7.02. The van der Waals surface area contributed by atoms with Crippen LogP contribution in [0.4, 0.5) is 5.69 Å². The number of hydrogen-bond donors (Lipinski definition) is 1. The van der Waals surface area contributed by atoms with Crippen LogP contribution in [0.15, 0.2) is 36.4 Å². The molecular formula is C24H34N2O3S. The Morgan fingerprint density at radius 3 is 1.97 bits per heavy atom. The van der Waals surface area contributed by atoms with Gasteiger partial charge >= 0.3 is 0 Å². The van der Waals surface area contributed by atoms with Crippen molar-refractivity contribution < 1.29 is 13.2 Å². The maximum absolute atomic E-state index is 12.8. The number of hydrogen-bond acceptors (Lipinski definition) is 3. The summed E-state index contributed by atoms with van der Waals surface area (Å²) in [7, 11) is -3.62. The van der Waals surface area contributed by atoms with Crippen molar-refractivity contribution in [3.8, 4) is 0 Å². The SMILES string of the molecule is Cc1cc(C)c(N(CC(=O)N[C@H](C)c2ccc(C(C)(C)C)cc2)S(C)(=O)=O)c(C)c1. The Hall–Kier alpha value is -2.34. The van der Waals surface area contributed by atoms with Crippen molar-refractivity contribution in [2.75, 3.05) is 17.1 Å². The Morgan fingerprint density at radius 1 is 1.03 bits per heavy atom. The van der Waals surface area contributed by atoms with E-state index < -0.39 is 10.0 Å². The second-order valence-corrected chi connectivity index (χ2v) is 11.1. The average Bonchev–Trinajstić information content (AvgIpc) is 2.58. The number of carbonyl (C=O) groups is 1. The van der Waals surface area contributed by atoms with Gasteiger partial charge in [0.05, 0.1) is 18.0 Å². The third kappa shape index (κ3) is 5.85. The molecule has 0 aliphatic carbocycles. The first-order chi connectivity index (χ1) is 13.7. The fraction of sp³-hybridized carbons (Fsp3) is 0.458. The second kappa shape index (κ2) is 8.80. The molecule has 1 atom stereocenters. The molecule has 30 heavy (non-hydrogen) atoms. The molecule has 0 unspecified atom stereocenters. The standard InChI is InChI=1S/C24H34N2O3S/c1-16-13-17(2)23(18(3)14-16)26(30(8,28)29)15-22(27)25-19(4)20-9-11-21(12-10-20)24(5,6)7/h9-14,19H,15H2,1-8H3,(H,25,27)/t19-/m1/s1. The topological polar surface area (TPSA) is 66.5 Å². The lowest BCUT2D eigenvalue weighted by Crippen LogP contribution is -2.41. The molecular weight excluding hydrogens is 396 g/mol. The van der Waals surface area contributed by atoms with Crippen LogP contribution < -0.4 is 9.62 Å². The van der Waals surface area contributed by atoms with E-state index in [-0.39, 0.29) is 23.9 Å². The minimum absolute atomic E-state index is 0.0603. The Morgan fingerprint density at radius 2 is 1.53 bits per heavy atom. The van der Waals surface area contributed by atoms with Crippen molar-refractivity contribution in [1.29, 1.82) is 0 Å². The number of amides is 1. The maximum atomic E-state index is 12.8. The third-order valence-corrected chi connectivity index (χ3v) is 6.34. The number of sulfonamides is 1. The van der Waals surface area contributed by atoms with Crippen LogP contribution >= 0.6 is 0 Å². The fourth-order valence-corrected chi connectivity index (χ4v) is 4.67. The lowest BCUT2D eigenvalue weighted by Gasteiger charge is -2.27. The Labute approximate surface area is 181 Å². The molecule has 164 valence electrons. The van der Waals surface area contributed by atoms with Crippen molar-refractivity contribution in [1.82, 2.24) is 5.32 Å². The number of rotatable bonds is 6. The van der Waals surface area contributed by atoms with E-state index in [0.29, 0.717) is 5.69 Å². The van der Waals surface area contributed by atoms with Gasteiger partial charge in [0.2, 0.25) is 15.9 Å². The number of nitrogens with one attached hydrogen (secondary N) is 1. The third-order valence-electron chi connectivity index (χ3n) is 5.23. The molecule has 2 aromatic rings. The smallest absolute Gasteiger partial charge is 0.241 e.